The quantitative estimate of drug-likeness (QED) is 0.0447. The van der Waals surface area contributed by atoms with Crippen molar-refractivity contribution in [1.29, 1.82) is 0 Å². The molecule has 0 spiro atoms. The maximum atomic E-state index is 12.5. The maximum Gasteiger partial charge on any atom is 0.409 e. The summed E-state index contributed by atoms with van der Waals surface area (Å²) in [4.78, 5) is 14.2. The van der Waals surface area contributed by atoms with Gasteiger partial charge < -0.3 is 23.7 Å². The number of rotatable bonds is 30. The van der Waals surface area contributed by atoms with Crippen LogP contribution in [0.2, 0.25) is 0 Å². The molecular weight excluding hydrogens is 637 g/mol. The van der Waals surface area contributed by atoms with Crippen molar-refractivity contribution in [2.24, 2.45) is 0 Å². The number of ether oxygens (including phenoxy) is 3. The van der Waals surface area contributed by atoms with Gasteiger partial charge in [0.05, 0.1) is 22.1 Å². The number of aromatic nitrogens is 1. The minimum atomic E-state index is -3.92. The molecule has 1 aromatic rings. The van der Waals surface area contributed by atoms with Gasteiger partial charge in [-0.05, 0) is 26.2 Å². The van der Waals surface area contributed by atoms with E-state index in [4.69, 9.17) is 27.2 Å². The van der Waals surface area contributed by atoms with Gasteiger partial charge in [-0.25, -0.2) is 13.2 Å². The van der Waals surface area contributed by atoms with E-state index in [1.165, 1.54) is 122 Å². The second kappa shape index (κ2) is 30.8. The van der Waals surface area contributed by atoms with Gasteiger partial charge in [-0.3, -0.25) is 0 Å². The van der Waals surface area contributed by atoms with Crippen LogP contribution < -0.4 is 4.57 Å². The molecule has 1 amide bonds. The van der Waals surface area contributed by atoms with Gasteiger partial charge in [-0.1, -0.05) is 127 Å². The first-order valence-electron chi connectivity index (χ1n) is 18.3. The molecule has 9 nitrogen and oxygen atoms in total. The Kier molecular flexibility index (Phi) is 29.9. The summed E-state index contributed by atoms with van der Waals surface area (Å²) >= 11 is 1.74. The first kappa shape index (κ1) is 45.7. The van der Waals surface area contributed by atoms with E-state index >= 15 is 0 Å². The summed E-state index contributed by atoms with van der Waals surface area (Å²) in [6.45, 7) is 7.42. The van der Waals surface area contributed by atoms with E-state index in [0.717, 1.165) is 25.9 Å². The van der Waals surface area contributed by atoms with Gasteiger partial charge in [0.2, 0.25) is 5.51 Å². The summed E-state index contributed by atoms with van der Waals surface area (Å²) < 4.78 is 46.6. The van der Waals surface area contributed by atoms with Gasteiger partial charge in [0, 0.05) is 40.0 Å². The smallest absolute Gasteiger partial charge is 0.409 e. The number of amides is 1. The van der Waals surface area contributed by atoms with E-state index in [1.807, 2.05) is 14.0 Å². The topological polar surface area (TPSA) is 109 Å². The summed E-state index contributed by atoms with van der Waals surface area (Å²) in [6.07, 6.45) is 30.0. The Morgan fingerprint density at radius 1 is 0.809 bits per heavy atom. The normalized spacial score (nSPS) is 12.7. The Morgan fingerprint density at radius 2 is 1.28 bits per heavy atom. The van der Waals surface area contributed by atoms with Crippen molar-refractivity contribution in [3.05, 3.63) is 17.1 Å². The van der Waals surface area contributed by atoms with Crippen LogP contribution in [0.25, 0.3) is 0 Å². The fraction of sp³-hybridized carbons (Fsp3) is 0.889. The fourth-order valence-corrected chi connectivity index (χ4v) is 5.81. The summed E-state index contributed by atoms with van der Waals surface area (Å²) in [6, 6.07) is 0. The lowest BCUT2D eigenvalue weighted by Crippen LogP contribution is -2.41. The van der Waals surface area contributed by atoms with E-state index < -0.39 is 15.7 Å². The van der Waals surface area contributed by atoms with Crippen LogP contribution in [0.3, 0.4) is 0 Å². The van der Waals surface area contributed by atoms with Crippen molar-refractivity contribution in [1.82, 2.24) is 4.90 Å². The molecule has 0 bridgehead atoms. The molecule has 0 aromatic carbocycles. The Hall–Kier alpha value is -1.27. The lowest BCUT2D eigenvalue weighted by Gasteiger charge is -2.28. The number of carbonyl (C=O) groups is 1. The molecule has 1 unspecified atom stereocenters. The van der Waals surface area contributed by atoms with Crippen LogP contribution in [0.4, 0.5) is 4.79 Å². The maximum absolute atomic E-state index is 12.5. The minimum Gasteiger partial charge on any atom is -0.748 e. The van der Waals surface area contributed by atoms with Crippen molar-refractivity contribution >= 4 is 27.5 Å². The van der Waals surface area contributed by atoms with Gasteiger partial charge in [-0.2, -0.15) is 4.57 Å². The predicted octanol–water partition coefficient (Wildman–Crippen LogP) is 8.90. The largest absolute Gasteiger partial charge is 0.748 e. The van der Waals surface area contributed by atoms with E-state index in [-0.39, 0.29) is 12.7 Å². The second-order valence-corrected chi connectivity index (χ2v) is 15.4. The highest BCUT2D eigenvalue weighted by Gasteiger charge is 2.27. The minimum absolute atomic E-state index is 0.200. The molecule has 0 aliphatic heterocycles. The summed E-state index contributed by atoms with van der Waals surface area (Å²) in [5, 5.41) is 2.12. The fourth-order valence-electron chi connectivity index (χ4n) is 5.18. The Balaban J connectivity index is 0.00000391. The Labute approximate surface area is 292 Å². The van der Waals surface area contributed by atoms with E-state index in [1.54, 1.807) is 23.3 Å². The van der Waals surface area contributed by atoms with Crippen LogP contribution in [0.5, 0.6) is 0 Å². The van der Waals surface area contributed by atoms with E-state index in [9.17, 15) is 4.79 Å². The first-order chi connectivity index (χ1) is 22.5. The Bertz CT molecular complexity index is 924. The zero-order valence-corrected chi connectivity index (χ0v) is 32.3. The Morgan fingerprint density at radius 3 is 1.74 bits per heavy atom. The molecule has 0 radical (unpaired) electrons. The summed E-state index contributed by atoms with van der Waals surface area (Å²) in [5.74, 6) is 0. The number of thiazole rings is 1. The van der Waals surface area contributed by atoms with Crippen LogP contribution in [0.15, 0.2) is 17.1 Å². The third-order valence-electron chi connectivity index (χ3n) is 8.29. The lowest BCUT2D eigenvalue weighted by atomic mass is 10.0. The molecule has 0 saturated heterocycles. The number of hydrogen-bond donors (Lipinski definition) is 0. The average Bonchev–Trinajstić information content (AvgIpc) is 3.55. The molecular formula is C36H70N2O7S2. The molecule has 1 rings (SSSR count). The highest BCUT2D eigenvalue weighted by Crippen LogP contribution is 2.15. The third kappa shape index (κ3) is 33.0. The molecule has 0 aliphatic rings. The second-order valence-electron chi connectivity index (χ2n) is 13.2. The van der Waals surface area contributed by atoms with Crippen molar-refractivity contribution in [2.45, 2.75) is 161 Å². The molecule has 0 fully saturated rings. The van der Waals surface area contributed by atoms with Crippen molar-refractivity contribution in [3.8, 4) is 0 Å². The average molecular weight is 707 g/mol. The van der Waals surface area contributed by atoms with Crippen molar-refractivity contribution in [2.75, 3.05) is 46.8 Å². The number of unbranched alkanes of at least 4 members (excludes halogenated alkanes) is 19. The van der Waals surface area contributed by atoms with Crippen LogP contribution in [0, 0.1) is 0 Å². The molecule has 0 aliphatic carbocycles. The van der Waals surface area contributed by atoms with Gasteiger partial charge in [0.1, 0.15) is 18.8 Å². The molecule has 278 valence electrons. The van der Waals surface area contributed by atoms with Crippen molar-refractivity contribution < 1.29 is 36.5 Å². The van der Waals surface area contributed by atoms with Gasteiger partial charge in [-0.15, -0.1) is 0 Å². The number of carbonyl (C=O) groups excluding carboxylic acids is 1. The van der Waals surface area contributed by atoms with Gasteiger partial charge in [0.15, 0.2) is 6.20 Å². The number of methoxy groups -OCH3 is 1. The molecule has 1 atom stereocenters. The molecule has 0 N–H and O–H groups in total. The standard InChI is InChI=1S/C35H67N2O4S.CH4O3S/c1-5-6-7-8-9-10-11-12-13-14-15-16-17-18-20-23-26-36(3)34(38)41-32-35(2,39-4)31-40-29-25-22-19-21-24-27-37-28-30-42-33-37;1-5(2,3)4/h28,30,33H,5-27,29,31-32H2,1-4H3;1H3,(H,2,3,4)/q+1;/p-1. The summed E-state index contributed by atoms with van der Waals surface area (Å²) in [5.41, 5.74) is 1.54. The zero-order valence-electron chi connectivity index (χ0n) is 30.7. The van der Waals surface area contributed by atoms with E-state index in [2.05, 4.69) is 28.6 Å². The van der Waals surface area contributed by atoms with Crippen LogP contribution in [-0.4, -0.2) is 76.3 Å². The number of hydrogen-bond acceptors (Lipinski definition) is 8. The SMILES string of the molecule is CCCCCCCCCCCCCCCCCCN(C)C(=O)OCC(C)(COCCCCCCC[n+]1ccsc1)OC.CS(=O)(=O)[O-]. The van der Waals surface area contributed by atoms with Crippen LogP contribution in [0.1, 0.15) is 149 Å². The highest BCUT2D eigenvalue weighted by atomic mass is 32.2. The summed E-state index contributed by atoms with van der Waals surface area (Å²) in [7, 11) is -0.434. The molecule has 1 aromatic heterocycles. The molecule has 11 heteroatoms. The molecule has 47 heavy (non-hydrogen) atoms. The van der Waals surface area contributed by atoms with Gasteiger partial charge >= 0.3 is 6.09 Å². The number of nitrogens with zero attached hydrogens (tertiary/aromatic N) is 2. The molecule has 1 heterocycles. The predicted molar refractivity (Wildman–Crippen MR) is 193 cm³/mol. The lowest BCUT2D eigenvalue weighted by molar-refractivity contribution is -0.692. The third-order valence-corrected chi connectivity index (χ3v) is 8.96. The zero-order chi connectivity index (χ0) is 35.1. The van der Waals surface area contributed by atoms with Crippen LogP contribution in [-0.2, 0) is 30.9 Å². The van der Waals surface area contributed by atoms with Crippen LogP contribution >= 0.6 is 11.3 Å². The van der Waals surface area contributed by atoms with E-state index in [0.29, 0.717) is 19.5 Å². The van der Waals surface area contributed by atoms with Gasteiger partial charge in [0.25, 0.3) is 0 Å². The highest BCUT2D eigenvalue weighted by molar-refractivity contribution is 7.84. The number of aryl methyl sites for hydroxylation is 1. The first-order valence-corrected chi connectivity index (χ1v) is 21.1. The molecule has 0 saturated carbocycles. The van der Waals surface area contributed by atoms with Crippen molar-refractivity contribution in [3.63, 3.8) is 0 Å². The monoisotopic (exact) mass is 706 g/mol.